The first-order valence-electron chi connectivity index (χ1n) is 21.9. The summed E-state index contributed by atoms with van der Waals surface area (Å²) in [6.45, 7) is 19.4. The van der Waals surface area contributed by atoms with E-state index in [9.17, 15) is 29.1 Å². The van der Waals surface area contributed by atoms with Gasteiger partial charge in [0, 0.05) is 52.2 Å². The molecule has 0 aromatic rings. The number of aliphatic hydroxyl groups excluding tert-OH is 1. The number of cyclic esters (lactones) is 1. The Morgan fingerprint density at radius 2 is 1.44 bits per heavy atom. The molecule has 4 saturated heterocycles. The molecule has 4 rings (SSSR count). The third-order valence-electron chi connectivity index (χ3n) is 13.8. The van der Waals surface area contributed by atoms with Crippen LogP contribution in [-0.4, -0.2) is 164 Å². The maximum Gasteiger partial charge on any atom is 0.412 e. The van der Waals surface area contributed by atoms with E-state index in [1.807, 2.05) is 32.8 Å². The van der Waals surface area contributed by atoms with Gasteiger partial charge < -0.3 is 57.4 Å². The van der Waals surface area contributed by atoms with Crippen molar-refractivity contribution in [2.45, 2.75) is 193 Å². The maximum atomic E-state index is 14.7. The lowest BCUT2D eigenvalue weighted by molar-refractivity contribution is -0.320. The number of ketones is 1. The minimum Gasteiger partial charge on any atom is -0.458 e. The second-order valence-corrected chi connectivity index (χ2v) is 18.7. The number of methoxy groups -OCH3 is 2. The fraction of sp³-hybridized carbons (Fsp3) is 0.886. The number of ether oxygens (including phenoxy) is 10. The van der Waals surface area contributed by atoms with Crippen molar-refractivity contribution in [2.24, 2.45) is 23.7 Å². The van der Waals surface area contributed by atoms with Gasteiger partial charge in [-0.3, -0.25) is 24.1 Å². The van der Waals surface area contributed by atoms with E-state index in [0.29, 0.717) is 6.42 Å². The van der Waals surface area contributed by atoms with Crippen molar-refractivity contribution in [1.29, 1.82) is 0 Å². The highest BCUT2D eigenvalue weighted by atomic mass is 16.7. The number of Topliss-reactive ketones (excluding diaryl/α,β-unsaturated/α-hetero) is 1. The molecule has 18 atom stereocenters. The normalized spacial score (nSPS) is 43.6. The van der Waals surface area contributed by atoms with Crippen molar-refractivity contribution in [3.05, 3.63) is 0 Å². The Balaban J connectivity index is 1.94. The molecule has 1 amide bonds. The molecular formula is C44H74N2O16. The van der Waals surface area contributed by atoms with Crippen LogP contribution >= 0.6 is 0 Å². The highest BCUT2D eigenvalue weighted by Crippen LogP contribution is 2.45. The number of aliphatic hydroxyl groups is 1. The minimum atomic E-state index is -1.54. The van der Waals surface area contributed by atoms with Crippen LogP contribution in [0.5, 0.6) is 0 Å². The first kappa shape index (κ1) is 51.7. The molecule has 4 heterocycles. The van der Waals surface area contributed by atoms with Crippen LogP contribution in [0.4, 0.5) is 4.79 Å². The van der Waals surface area contributed by atoms with Crippen molar-refractivity contribution >= 4 is 29.8 Å². The van der Waals surface area contributed by atoms with Crippen LogP contribution in [0.25, 0.3) is 0 Å². The lowest BCUT2D eigenvalue weighted by Crippen LogP contribution is -2.62. The Hall–Kier alpha value is -2.97. The predicted molar refractivity (Wildman–Crippen MR) is 221 cm³/mol. The summed E-state index contributed by atoms with van der Waals surface area (Å²) < 4.78 is 63.1. The second-order valence-electron chi connectivity index (χ2n) is 18.7. The smallest absolute Gasteiger partial charge is 0.412 e. The lowest BCUT2D eigenvalue weighted by Gasteiger charge is -2.50. The van der Waals surface area contributed by atoms with Crippen molar-refractivity contribution in [1.82, 2.24) is 9.80 Å². The maximum absolute atomic E-state index is 14.7. The molecule has 0 saturated carbocycles. The van der Waals surface area contributed by atoms with E-state index in [1.165, 1.54) is 28.1 Å². The summed E-state index contributed by atoms with van der Waals surface area (Å²) in [6.07, 6.45) is -8.03. The Morgan fingerprint density at radius 1 is 0.839 bits per heavy atom. The van der Waals surface area contributed by atoms with Gasteiger partial charge in [-0.05, 0) is 74.9 Å². The standard InChI is InChI=1S/C44H74N2O16/c1-17-31-44(12)36(46(21-47)41(52)62-44)24(4)33(50)22(2)19-42(10,53-15)37(61-40-35(57-28(8)48)30(45(13)14)18-23(3)55-40)25(5)34(26(6)39(51)59-31)60-32-20-43(11,54-16)38(27(7)56-32)58-29(9)49/h22-27,30-32,34-38,40,47H,17-21H2,1-16H3/t22-,23?,24+,25?,26?,27?,30?,31?,32?,34+,35?,36-,37-,38?,40?,42+,43?,44-/m1/s1. The molecule has 356 valence electrons. The number of rotatable bonds is 11. The number of likely N-dealkylation sites (N-methyl/N-ethyl adjacent to an activating group) is 1. The molecule has 0 aromatic heterocycles. The second kappa shape index (κ2) is 20.5. The van der Waals surface area contributed by atoms with Crippen LogP contribution in [0.1, 0.15) is 109 Å². The molecule has 4 aliphatic heterocycles. The van der Waals surface area contributed by atoms with Gasteiger partial charge in [-0.15, -0.1) is 0 Å². The number of amides is 1. The van der Waals surface area contributed by atoms with E-state index < -0.39 is 126 Å². The van der Waals surface area contributed by atoms with Gasteiger partial charge in [-0.25, -0.2) is 4.79 Å². The zero-order valence-corrected chi connectivity index (χ0v) is 39.7. The fourth-order valence-corrected chi connectivity index (χ4v) is 10.5. The highest BCUT2D eigenvalue weighted by Gasteiger charge is 2.61. The monoisotopic (exact) mass is 887 g/mol. The van der Waals surface area contributed by atoms with E-state index in [-0.39, 0.29) is 37.2 Å². The van der Waals surface area contributed by atoms with Crippen LogP contribution in [-0.2, 0) is 66.5 Å². The van der Waals surface area contributed by atoms with Crippen LogP contribution in [0, 0.1) is 23.7 Å². The number of fused-ring (bicyclic) bond motifs is 1. The molecule has 0 spiro atoms. The molecular weight excluding hydrogens is 812 g/mol. The summed E-state index contributed by atoms with van der Waals surface area (Å²) in [4.78, 5) is 70.6. The summed E-state index contributed by atoms with van der Waals surface area (Å²) in [5.41, 5.74) is -3.95. The number of carbonyl (C=O) groups is 5. The van der Waals surface area contributed by atoms with E-state index in [2.05, 4.69) is 0 Å². The molecule has 0 radical (unpaired) electrons. The van der Waals surface area contributed by atoms with Gasteiger partial charge in [0.25, 0.3) is 0 Å². The number of hydrogen-bond acceptors (Lipinski definition) is 17. The van der Waals surface area contributed by atoms with Gasteiger partial charge >= 0.3 is 24.0 Å². The quantitative estimate of drug-likeness (QED) is 0.230. The Bertz CT molecular complexity index is 1600. The van der Waals surface area contributed by atoms with Crippen LogP contribution in [0.3, 0.4) is 0 Å². The molecule has 1 N–H and O–H groups in total. The number of nitrogens with zero attached hydrogens (tertiary/aromatic N) is 2. The molecule has 4 fully saturated rings. The van der Waals surface area contributed by atoms with Crippen molar-refractivity contribution in [3.63, 3.8) is 0 Å². The van der Waals surface area contributed by atoms with Gasteiger partial charge in [-0.2, -0.15) is 0 Å². The van der Waals surface area contributed by atoms with Crippen LogP contribution in [0.2, 0.25) is 0 Å². The summed E-state index contributed by atoms with van der Waals surface area (Å²) >= 11 is 0. The highest BCUT2D eigenvalue weighted by molar-refractivity contribution is 5.85. The molecule has 0 aliphatic carbocycles. The first-order valence-corrected chi connectivity index (χ1v) is 21.9. The summed E-state index contributed by atoms with van der Waals surface area (Å²) in [7, 11) is 6.77. The third kappa shape index (κ3) is 10.6. The van der Waals surface area contributed by atoms with Gasteiger partial charge in [0.05, 0.1) is 48.0 Å². The minimum absolute atomic E-state index is 0.0716. The van der Waals surface area contributed by atoms with Crippen molar-refractivity contribution < 1.29 is 76.4 Å². The van der Waals surface area contributed by atoms with E-state index in [4.69, 9.17) is 47.4 Å². The van der Waals surface area contributed by atoms with Gasteiger partial charge in [0.2, 0.25) is 0 Å². The Labute approximate surface area is 367 Å². The topological polar surface area (TPSA) is 204 Å². The number of carbonyl (C=O) groups excluding carboxylic acids is 5. The molecule has 11 unspecified atom stereocenters. The summed E-state index contributed by atoms with van der Waals surface area (Å²) in [6, 6.07) is -1.32. The zero-order chi connectivity index (χ0) is 46.8. The SMILES string of the molecule is CCC1OC(=O)C(C)[C@@H](OC2CC(C)(OC)C(OC(C)=O)C(C)O2)C(C)[C@@H](OC2OC(C)CC(N(C)C)C2OC(C)=O)[C@@](C)(OC)C[C@@H](C)C(=O)[C@H](C)[C@H]2N(CO)C(=O)O[C@]12C. The fourth-order valence-electron chi connectivity index (χ4n) is 10.5. The third-order valence-corrected chi connectivity index (χ3v) is 13.8. The van der Waals surface area contributed by atoms with Gasteiger partial charge in [-0.1, -0.05) is 27.7 Å². The average molecular weight is 887 g/mol. The van der Waals surface area contributed by atoms with Crippen LogP contribution < -0.4 is 0 Å². The first-order chi connectivity index (χ1) is 28.8. The number of hydrogen-bond donors (Lipinski definition) is 1. The zero-order valence-electron chi connectivity index (χ0n) is 39.7. The molecule has 4 aliphatic rings. The largest absolute Gasteiger partial charge is 0.458 e. The van der Waals surface area contributed by atoms with E-state index in [1.54, 1.807) is 55.4 Å². The molecule has 62 heavy (non-hydrogen) atoms. The number of esters is 3. The molecule has 18 nitrogen and oxygen atoms in total. The average Bonchev–Trinajstić information content (AvgIpc) is 3.47. The molecule has 0 bridgehead atoms. The predicted octanol–water partition coefficient (Wildman–Crippen LogP) is 4.00. The summed E-state index contributed by atoms with van der Waals surface area (Å²) in [5.74, 6) is -5.50. The lowest BCUT2D eigenvalue weighted by atomic mass is 9.73. The van der Waals surface area contributed by atoms with E-state index in [0.717, 1.165) is 4.90 Å². The Morgan fingerprint density at radius 3 is 1.97 bits per heavy atom. The Kier molecular flexibility index (Phi) is 17.1. The van der Waals surface area contributed by atoms with Gasteiger partial charge in [0.1, 0.15) is 24.2 Å². The molecule has 18 heteroatoms. The molecule has 0 aromatic carbocycles. The van der Waals surface area contributed by atoms with E-state index >= 15 is 0 Å². The van der Waals surface area contributed by atoms with Gasteiger partial charge in [0.15, 0.2) is 30.4 Å². The summed E-state index contributed by atoms with van der Waals surface area (Å²) in [5, 5.41) is 10.5. The van der Waals surface area contributed by atoms with Crippen molar-refractivity contribution in [3.8, 4) is 0 Å². The van der Waals surface area contributed by atoms with Crippen molar-refractivity contribution in [2.75, 3.05) is 35.0 Å². The van der Waals surface area contributed by atoms with Crippen LogP contribution in [0.15, 0.2) is 0 Å².